The number of sulfonamides is 1. The molecule has 8 rings (SSSR count). The van der Waals surface area contributed by atoms with E-state index in [4.69, 9.17) is 21.1 Å². The third kappa shape index (κ3) is 7.21. The average molecular weight is 783 g/mol. The van der Waals surface area contributed by atoms with E-state index in [0.29, 0.717) is 56.2 Å². The summed E-state index contributed by atoms with van der Waals surface area (Å²) in [5.74, 6) is 0.306. The lowest BCUT2D eigenvalue weighted by Gasteiger charge is -2.53. The molecule has 12 heteroatoms. The number of alkyl halides is 1. The molecule has 0 aromatic heterocycles. The summed E-state index contributed by atoms with van der Waals surface area (Å²) in [6.45, 7) is 9.68. The van der Waals surface area contributed by atoms with E-state index in [1.54, 1.807) is 13.0 Å². The molecule has 2 aromatic carbocycles. The van der Waals surface area contributed by atoms with Crippen molar-refractivity contribution in [1.29, 1.82) is 0 Å². The molecule has 2 aliphatic carbocycles. The van der Waals surface area contributed by atoms with E-state index in [1.807, 2.05) is 32.2 Å². The van der Waals surface area contributed by atoms with Gasteiger partial charge in [0, 0.05) is 75.0 Å². The lowest BCUT2D eigenvalue weighted by atomic mass is 9.63. The quantitative estimate of drug-likeness (QED) is 0.359. The molecule has 0 radical (unpaired) electrons. The predicted molar refractivity (Wildman–Crippen MR) is 211 cm³/mol. The van der Waals surface area contributed by atoms with Crippen LogP contribution in [0.5, 0.6) is 5.75 Å². The minimum absolute atomic E-state index is 0.203. The molecule has 294 valence electrons. The van der Waals surface area contributed by atoms with Gasteiger partial charge >= 0.3 is 0 Å². The summed E-state index contributed by atoms with van der Waals surface area (Å²) in [4.78, 5) is 21.0. The fraction of sp³-hybridized carbons (Fsp3) is 0.643. The Kier molecular flexibility index (Phi) is 10.6. The van der Waals surface area contributed by atoms with Crippen LogP contribution in [0.4, 0.5) is 10.1 Å². The third-order valence-corrected chi connectivity index (χ3v) is 16.2. The van der Waals surface area contributed by atoms with Gasteiger partial charge in [0.15, 0.2) is 0 Å². The van der Waals surface area contributed by atoms with Gasteiger partial charge in [-0.1, -0.05) is 36.7 Å². The summed E-state index contributed by atoms with van der Waals surface area (Å²) < 4.78 is 57.6. The fourth-order valence-electron chi connectivity index (χ4n) is 10.5. The summed E-state index contributed by atoms with van der Waals surface area (Å²) in [6, 6.07) is 11.8. The largest absolute Gasteiger partial charge is 0.490 e. The topological polar surface area (TPSA) is 91.4 Å². The number of carbonyl (C=O) groups excluding carboxylic acids is 1. The molecule has 2 bridgehead atoms. The van der Waals surface area contributed by atoms with Crippen molar-refractivity contribution >= 4 is 33.2 Å². The van der Waals surface area contributed by atoms with Crippen LogP contribution in [0.3, 0.4) is 0 Å². The molecule has 4 aliphatic heterocycles. The summed E-state index contributed by atoms with van der Waals surface area (Å²) in [7, 11) is -2.16. The number of benzene rings is 2. The van der Waals surface area contributed by atoms with Crippen molar-refractivity contribution in [2.45, 2.75) is 93.7 Å². The molecule has 3 fully saturated rings. The molecule has 9 nitrogen and oxygen atoms in total. The SMILES string of the molecule is CO[C@]1(CN2CCN3CC[C@H](F)C[C@H]3C2)/C=C/C[C@H](C)[C@@H](C)S(=O)(=O)NC(=O)c2ccc3c(c2)N(C[C@@H]2CC[C@H]21)C[C@@]1(CCCc2cc(Cl)ccc21)CO3. The lowest BCUT2D eigenvalue weighted by Crippen LogP contribution is -2.62. The van der Waals surface area contributed by atoms with Crippen molar-refractivity contribution in [3.05, 3.63) is 70.3 Å². The molecule has 54 heavy (non-hydrogen) atoms. The molecule has 1 spiro atoms. The van der Waals surface area contributed by atoms with Gasteiger partial charge in [0.05, 0.1) is 17.5 Å². The van der Waals surface area contributed by atoms with Gasteiger partial charge in [-0.3, -0.25) is 14.6 Å². The maximum Gasteiger partial charge on any atom is 0.264 e. The number of hydrogen-bond acceptors (Lipinski definition) is 8. The van der Waals surface area contributed by atoms with Crippen LogP contribution in [0.2, 0.25) is 5.02 Å². The first-order valence-corrected chi connectivity index (χ1v) is 22.0. The molecule has 0 unspecified atom stereocenters. The van der Waals surface area contributed by atoms with Crippen molar-refractivity contribution in [2.24, 2.45) is 17.8 Å². The minimum Gasteiger partial charge on any atom is -0.490 e. The molecule has 6 aliphatic rings. The first-order valence-electron chi connectivity index (χ1n) is 20.1. The number of nitrogens with one attached hydrogen (secondary N) is 1. The zero-order valence-electron chi connectivity index (χ0n) is 31.9. The third-order valence-electron chi connectivity index (χ3n) is 14.0. The van der Waals surface area contributed by atoms with Crippen molar-refractivity contribution < 1.29 is 27.1 Å². The molecule has 1 N–H and O–H groups in total. The number of allylic oxidation sites excluding steroid dienone is 1. The number of anilines is 1. The van der Waals surface area contributed by atoms with Crippen LogP contribution in [-0.4, -0.2) is 107 Å². The Morgan fingerprint density at radius 1 is 1.07 bits per heavy atom. The second-order valence-electron chi connectivity index (χ2n) is 17.2. The Morgan fingerprint density at radius 3 is 2.72 bits per heavy atom. The number of halogens is 2. The van der Waals surface area contributed by atoms with E-state index in [2.05, 4.69) is 43.7 Å². The highest BCUT2D eigenvalue weighted by molar-refractivity contribution is 7.90. The molecule has 2 aromatic rings. The monoisotopic (exact) mass is 782 g/mol. The van der Waals surface area contributed by atoms with E-state index in [1.165, 1.54) is 11.1 Å². The van der Waals surface area contributed by atoms with Gasteiger partial charge in [0.25, 0.3) is 5.91 Å². The summed E-state index contributed by atoms with van der Waals surface area (Å²) in [6.07, 6.45) is 10.3. The van der Waals surface area contributed by atoms with Crippen LogP contribution < -0.4 is 14.4 Å². The number of methoxy groups -OCH3 is 1. The number of piperazine rings is 1. The predicted octanol–water partition coefficient (Wildman–Crippen LogP) is 6.39. The van der Waals surface area contributed by atoms with Crippen LogP contribution in [0, 0.1) is 17.8 Å². The molecule has 1 amide bonds. The first kappa shape index (κ1) is 38.2. The number of rotatable bonds is 3. The van der Waals surface area contributed by atoms with Gasteiger partial charge in [-0.15, -0.1) is 0 Å². The number of carbonyl (C=O) groups is 1. The van der Waals surface area contributed by atoms with E-state index in [-0.39, 0.29) is 23.3 Å². The van der Waals surface area contributed by atoms with Gasteiger partial charge < -0.3 is 14.4 Å². The zero-order chi connectivity index (χ0) is 37.8. The number of amides is 1. The highest BCUT2D eigenvalue weighted by Gasteiger charge is 2.50. The average Bonchev–Trinajstić information content (AvgIpc) is 3.28. The first-order chi connectivity index (χ1) is 25.9. The Balaban J connectivity index is 1.18. The van der Waals surface area contributed by atoms with E-state index >= 15 is 0 Å². The maximum atomic E-state index is 14.6. The second kappa shape index (κ2) is 15.0. The number of fused-ring (bicyclic) bond motifs is 5. The van der Waals surface area contributed by atoms with Gasteiger partial charge in [-0.05, 0) is 118 Å². The smallest absolute Gasteiger partial charge is 0.264 e. The Hall–Kier alpha value is -2.70. The maximum absolute atomic E-state index is 14.6. The van der Waals surface area contributed by atoms with Gasteiger partial charge in [0.2, 0.25) is 10.0 Å². The Labute approximate surface area is 325 Å². The zero-order valence-corrected chi connectivity index (χ0v) is 33.5. The van der Waals surface area contributed by atoms with E-state index in [0.717, 1.165) is 75.5 Å². The summed E-state index contributed by atoms with van der Waals surface area (Å²) in [5.41, 5.74) is 2.72. The Morgan fingerprint density at radius 2 is 1.93 bits per heavy atom. The molecular formula is C42H56ClFN4O5S. The molecule has 1 saturated carbocycles. The number of hydrogen-bond donors (Lipinski definition) is 1. The number of ether oxygens (including phenoxy) is 2. The van der Waals surface area contributed by atoms with Crippen molar-refractivity contribution in [3.8, 4) is 5.75 Å². The highest BCUT2D eigenvalue weighted by atomic mass is 35.5. The van der Waals surface area contributed by atoms with Crippen LogP contribution >= 0.6 is 11.6 Å². The lowest BCUT2D eigenvalue weighted by molar-refractivity contribution is -0.101. The molecular weight excluding hydrogens is 727 g/mol. The van der Waals surface area contributed by atoms with Crippen LogP contribution in [-0.2, 0) is 26.6 Å². The molecule has 8 atom stereocenters. The summed E-state index contributed by atoms with van der Waals surface area (Å²) in [5, 5.41) is -0.0699. The van der Waals surface area contributed by atoms with E-state index in [9.17, 15) is 17.6 Å². The van der Waals surface area contributed by atoms with Crippen molar-refractivity contribution in [2.75, 3.05) is 64.4 Å². The van der Waals surface area contributed by atoms with Crippen LogP contribution in [0.25, 0.3) is 0 Å². The summed E-state index contributed by atoms with van der Waals surface area (Å²) >= 11 is 6.50. The number of piperidine rings is 1. The van der Waals surface area contributed by atoms with Gasteiger partial charge in [-0.25, -0.2) is 17.5 Å². The fourth-order valence-corrected chi connectivity index (χ4v) is 12.0. The molecule has 4 heterocycles. The second-order valence-corrected chi connectivity index (χ2v) is 19.7. The van der Waals surface area contributed by atoms with Crippen molar-refractivity contribution in [1.82, 2.24) is 14.5 Å². The van der Waals surface area contributed by atoms with Crippen LogP contribution in [0.1, 0.15) is 80.3 Å². The highest BCUT2D eigenvalue weighted by Crippen LogP contribution is 2.49. The Bertz CT molecular complexity index is 1880. The van der Waals surface area contributed by atoms with E-state index < -0.39 is 33.0 Å². The standard InChI is InChI=1S/C42H56ClFN4O5S/c1-28-6-4-16-42(52-3,26-46-18-19-47-17-14-34(44)22-35(47)24-46)37-11-8-32(37)23-48-25-41(15-5-7-30-20-33(43)10-12-36(30)41)27-53-39-13-9-31(21-38(39)48)40(49)45-54(50,51)29(28)2/h4,9-10,12-13,16,20-21,28-29,32,34-35,37H,5-8,11,14-15,17-19,22-27H2,1-3H3,(H,45,49)/b16-4+/t28-,29+,32-,34-,35-,37+,41-,42-/m0/s1. The normalized spacial score (nSPS) is 36.4. The van der Waals surface area contributed by atoms with Crippen LogP contribution in [0.15, 0.2) is 48.6 Å². The van der Waals surface area contributed by atoms with Gasteiger partial charge in [-0.2, -0.15) is 0 Å². The van der Waals surface area contributed by atoms with Crippen molar-refractivity contribution in [3.63, 3.8) is 0 Å². The minimum atomic E-state index is -3.98. The number of aryl methyl sites for hydroxylation is 1. The number of nitrogens with zero attached hydrogens (tertiary/aromatic N) is 3. The van der Waals surface area contributed by atoms with Gasteiger partial charge in [0.1, 0.15) is 17.5 Å². The molecule has 2 saturated heterocycles.